The second-order valence-corrected chi connectivity index (χ2v) is 9.97. The molecule has 2 aliphatic rings. The standard InChI is InChI=1S/C27H28ClF3N4O/c1-17(22-8-7-21(28)15-23(22)27(29,30)31)35-25-14-19(5-6-20(25)16-33-35)18-9-12-34(13-10-18)26(36)24-4-2-3-11-32-24/h5-9,14-17,24,32H,2-4,10-13H2,1H3/t17-,24-/m1/s1. The topological polar surface area (TPSA) is 50.2 Å². The lowest BCUT2D eigenvalue weighted by molar-refractivity contribution is -0.138. The highest BCUT2D eigenvalue weighted by Gasteiger charge is 2.35. The number of nitrogens with zero attached hydrogens (tertiary/aromatic N) is 3. The summed E-state index contributed by atoms with van der Waals surface area (Å²) in [6, 6.07) is 9.05. The number of hydrogen-bond acceptors (Lipinski definition) is 3. The van der Waals surface area contributed by atoms with Gasteiger partial charge in [0, 0.05) is 23.5 Å². The molecule has 1 N–H and O–H groups in total. The quantitative estimate of drug-likeness (QED) is 0.457. The average Bonchev–Trinajstić information content (AvgIpc) is 3.31. The maximum absolute atomic E-state index is 13.7. The summed E-state index contributed by atoms with van der Waals surface area (Å²) in [7, 11) is 0. The maximum atomic E-state index is 13.7. The van der Waals surface area contributed by atoms with Crippen molar-refractivity contribution in [2.24, 2.45) is 0 Å². The minimum atomic E-state index is -4.52. The van der Waals surface area contributed by atoms with Crippen molar-refractivity contribution in [2.45, 2.75) is 50.9 Å². The zero-order valence-corrected chi connectivity index (χ0v) is 20.7. The Morgan fingerprint density at radius 3 is 2.72 bits per heavy atom. The van der Waals surface area contributed by atoms with Crippen LogP contribution in [0.4, 0.5) is 13.2 Å². The van der Waals surface area contributed by atoms with Gasteiger partial charge in [0.25, 0.3) is 0 Å². The third kappa shape index (κ3) is 4.89. The van der Waals surface area contributed by atoms with Crippen LogP contribution in [0.25, 0.3) is 16.5 Å². The summed E-state index contributed by atoms with van der Waals surface area (Å²) in [4.78, 5) is 14.7. The van der Waals surface area contributed by atoms with Crippen LogP contribution in [0.3, 0.4) is 0 Å². The number of benzene rings is 2. The molecule has 0 saturated carbocycles. The monoisotopic (exact) mass is 516 g/mol. The molecule has 0 aliphatic carbocycles. The highest BCUT2D eigenvalue weighted by atomic mass is 35.5. The summed E-state index contributed by atoms with van der Waals surface area (Å²) in [5.74, 6) is 0.163. The summed E-state index contributed by atoms with van der Waals surface area (Å²) in [5, 5.41) is 8.65. The first-order valence-electron chi connectivity index (χ1n) is 12.3. The molecule has 1 fully saturated rings. The second kappa shape index (κ2) is 9.90. The molecule has 190 valence electrons. The number of carbonyl (C=O) groups excluding carboxylic acids is 1. The van der Waals surface area contributed by atoms with Crippen molar-refractivity contribution < 1.29 is 18.0 Å². The average molecular weight is 517 g/mol. The summed E-state index contributed by atoms with van der Waals surface area (Å²) < 4.78 is 42.8. The Kier molecular flexibility index (Phi) is 6.83. The van der Waals surface area contributed by atoms with E-state index in [-0.39, 0.29) is 22.5 Å². The first kappa shape index (κ1) is 24.8. The lowest BCUT2D eigenvalue weighted by atomic mass is 9.97. The number of hydrogen-bond donors (Lipinski definition) is 1. The van der Waals surface area contributed by atoms with Gasteiger partial charge in [-0.15, -0.1) is 0 Å². The molecule has 2 aliphatic heterocycles. The van der Waals surface area contributed by atoms with Crippen LogP contribution in [-0.4, -0.2) is 46.3 Å². The van der Waals surface area contributed by atoms with Gasteiger partial charge in [-0.1, -0.05) is 42.3 Å². The van der Waals surface area contributed by atoms with Gasteiger partial charge in [-0.25, -0.2) is 0 Å². The number of carbonyl (C=O) groups is 1. The van der Waals surface area contributed by atoms with Gasteiger partial charge < -0.3 is 10.2 Å². The van der Waals surface area contributed by atoms with Gasteiger partial charge in [0.15, 0.2) is 0 Å². The first-order valence-corrected chi connectivity index (χ1v) is 12.7. The van der Waals surface area contributed by atoms with Gasteiger partial charge in [-0.2, -0.15) is 18.3 Å². The minimum Gasteiger partial charge on any atom is -0.337 e. The molecule has 0 spiro atoms. The number of fused-ring (bicyclic) bond motifs is 1. The zero-order chi connectivity index (χ0) is 25.4. The maximum Gasteiger partial charge on any atom is 0.416 e. The lowest BCUT2D eigenvalue weighted by Crippen LogP contribution is -2.49. The van der Waals surface area contributed by atoms with Crippen molar-refractivity contribution in [1.29, 1.82) is 0 Å². The van der Waals surface area contributed by atoms with Crippen molar-refractivity contribution in [2.75, 3.05) is 19.6 Å². The molecule has 3 aromatic rings. The fourth-order valence-corrected chi connectivity index (χ4v) is 5.40. The van der Waals surface area contributed by atoms with Gasteiger partial charge in [-0.05, 0) is 67.6 Å². The van der Waals surface area contributed by atoms with E-state index in [1.807, 2.05) is 23.1 Å². The van der Waals surface area contributed by atoms with E-state index < -0.39 is 17.8 Å². The molecule has 1 saturated heterocycles. The third-order valence-electron chi connectivity index (χ3n) is 7.24. The summed E-state index contributed by atoms with van der Waals surface area (Å²) >= 11 is 5.87. The number of alkyl halides is 3. The predicted octanol–water partition coefficient (Wildman–Crippen LogP) is 6.08. The molecular weight excluding hydrogens is 489 g/mol. The molecule has 3 heterocycles. The Morgan fingerprint density at radius 2 is 2.03 bits per heavy atom. The predicted molar refractivity (Wildman–Crippen MR) is 135 cm³/mol. The van der Waals surface area contributed by atoms with E-state index in [9.17, 15) is 18.0 Å². The SMILES string of the molecule is C[C@H](c1ccc(Cl)cc1C(F)(F)F)n1ncc2ccc(C3=CCN(C(=O)[C@H]4CCCCN4)CC3)cc21. The number of rotatable bonds is 4. The van der Waals surface area contributed by atoms with E-state index >= 15 is 0 Å². The Balaban J connectivity index is 1.41. The second-order valence-electron chi connectivity index (χ2n) is 9.53. The molecule has 0 radical (unpaired) electrons. The molecule has 5 rings (SSSR count). The van der Waals surface area contributed by atoms with E-state index in [4.69, 9.17) is 11.6 Å². The van der Waals surface area contributed by atoms with Crippen LogP contribution in [0.5, 0.6) is 0 Å². The molecule has 0 bridgehead atoms. The van der Waals surface area contributed by atoms with Crippen LogP contribution < -0.4 is 5.32 Å². The Morgan fingerprint density at radius 1 is 1.19 bits per heavy atom. The molecule has 0 unspecified atom stereocenters. The summed E-state index contributed by atoms with van der Waals surface area (Å²) in [5.41, 5.74) is 2.24. The van der Waals surface area contributed by atoms with E-state index in [1.165, 1.54) is 12.1 Å². The number of aromatic nitrogens is 2. The Bertz CT molecular complexity index is 1310. The molecular formula is C27H28ClF3N4O. The number of halogens is 4. The molecule has 1 amide bonds. The lowest BCUT2D eigenvalue weighted by Gasteiger charge is -2.32. The minimum absolute atomic E-state index is 0.0434. The largest absolute Gasteiger partial charge is 0.416 e. The Labute approximate surface area is 212 Å². The first-order chi connectivity index (χ1) is 17.2. The third-order valence-corrected chi connectivity index (χ3v) is 7.47. The molecule has 5 nitrogen and oxygen atoms in total. The van der Waals surface area contributed by atoms with Crippen molar-refractivity contribution in [3.05, 3.63) is 70.4 Å². The van der Waals surface area contributed by atoms with E-state index in [2.05, 4.69) is 16.5 Å². The molecule has 2 atom stereocenters. The molecule has 2 aromatic carbocycles. The van der Waals surface area contributed by atoms with Crippen LogP contribution >= 0.6 is 11.6 Å². The van der Waals surface area contributed by atoms with E-state index in [1.54, 1.807) is 17.8 Å². The van der Waals surface area contributed by atoms with E-state index in [0.717, 1.165) is 60.3 Å². The summed E-state index contributed by atoms with van der Waals surface area (Å²) in [6.07, 6.45) is 3.03. The van der Waals surface area contributed by atoms with E-state index in [0.29, 0.717) is 13.1 Å². The van der Waals surface area contributed by atoms with Crippen LogP contribution in [0.1, 0.15) is 55.3 Å². The highest BCUT2D eigenvalue weighted by Crippen LogP contribution is 2.38. The highest BCUT2D eigenvalue weighted by molar-refractivity contribution is 6.30. The van der Waals surface area contributed by atoms with Crippen molar-refractivity contribution in [3.8, 4) is 0 Å². The fraction of sp³-hybridized carbons (Fsp3) is 0.407. The van der Waals surface area contributed by atoms with Gasteiger partial charge in [0.05, 0.1) is 29.4 Å². The van der Waals surface area contributed by atoms with Crippen LogP contribution in [0.15, 0.2) is 48.7 Å². The Hall–Kier alpha value is -2.84. The number of nitrogens with one attached hydrogen (secondary N) is 1. The van der Waals surface area contributed by atoms with Gasteiger partial charge >= 0.3 is 6.18 Å². The number of amides is 1. The molecule has 36 heavy (non-hydrogen) atoms. The van der Waals surface area contributed by atoms with Crippen molar-refractivity contribution >= 4 is 34.0 Å². The summed E-state index contributed by atoms with van der Waals surface area (Å²) in [6.45, 7) is 3.80. The van der Waals surface area contributed by atoms with Gasteiger partial charge in [0.1, 0.15) is 0 Å². The fourth-order valence-electron chi connectivity index (χ4n) is 5.23. The van der Waals surface area contributed by atoms with Crippen LogP contribution in [0, 0.1) is 0 Å². The van der Waals surface area contributed by atoms with Gasteiger partial charge in [0.2, 0.25) is 5.91 Å². The van der Waals surface area contributed by atoms with Gasteiger partial charge in [-0.3, -0.25) is 9.48 Å². The van der Waals surface area contributed by atoms with Crippen molar-refractivity contribution in [1.82, 2.24) is 20.0 Å². The molecule has 9 heteroatoms. The zero-order valence-electron chi connectivity index (χ0n) is 20.0. The normalized spacial score (nSPS) is 19.9. The van der Waals surface area contributed by atoms with Crippen LogP contribution in [0.2, 0.25) is 5.02 Å². The molecule has 1 aromatic heterocycles. The van der Waals surface area contributed by atoms with Crippen molar-refractivity contribution in [3.63, 3.8) is 0 Å². The number of piperidine rings is 1. The smallest absolute Gasteiger partial charge is 0.337 e. The van der Waals surface area contributed by atoms with Crippen LogP contribution in [-0.2, 0) is 11.0 Å².